The Balaban J connectivity index is 1.54. The van der Waals surface area contributed by atoms with Crippen LogP contribution in [0.4, 0.5) is 8.78 Å². The third kappa shape index (κ3) is 2.81. The summed E-state index contributed by atoms with van der Waals surface area (Å²) in [7, 11) is 0. The number of aromatic nitrogens is 8. The van der Waals surface area contributed by atoms with Crippen molar-refractivity contribution >= 4 is 22.2 Å². The first-order valence-corrected chi connectivity index (χ1v) is 9.58. The molecule has 0 amide bonds. The number of hydrogen-bond donors (Lipinski definition) is 2. The molecule has 154 valence electrons. The molecular weight excluding hydrogens is 414 g/mol. The summed E-state index contributed by atoms with van der Waals surface area (Å²) in [6, 6.07) is 7.89. The fraction of sp³-hybridized carbons (Fsp3) is 0. The van der Waals surface area contributed by atoms with Crippen molar-refractivity contribution in [2.24, 2.45) is 0 Å². The number of benzene rings is 1. The monoisotopic (exact) mass is 426 g/mol. The van der Waals surface area contributed by atoms with Crippen molar-refractivity contribution < 1.29 is 8.78 Å². The summed E-state index contributed by atoms with van der Waals surface area (Å²) in [5.41, 5.74) is 3.90. The lowest BCUT2D eigenvalue weighted by atomic mass is 10.1. The molecule has 0 aliphatic carbocycles. The van der Waals surface area contributed by atoms with Gasteiger partial charge in [0.25, 0.3) is 0 Å². The molecule has 0 aliphatic rings. The highest BCUT2D eigenvalue weighted by molar-refractivity contribution is 5.96. The number of aromatic amines is 2. The second kappa shape index (κ2) is 6.98. The van der Waals surface area contributed by atoms with E-state index in [1.807, 2.05) is 0 Å². The molecule has 0 aliphatic heterocycles. The summed E-state index contributed by atoms with van der Waals surface area (Å²) >= 11 is 0. The minimum absolute atomic E-state index is 0.189. The topological polar surface area (TPSA) is 109 Å². The zero-order chi connectivity index (χ0) is 21.7. The summed E-state index contributed by atoms with van der Waals surface area (Å²) in [4.78, 5) is 24.2. The van der Waals surface area contributed by atoms with Crippen molar-refractivity contribution in [3.05, 3.63) is 73.1 Å². The average Bonchev–Trinajstić information content (AvgIpc) is 3.45. The second-order valence-corrected chi connectivity index (χ2v) is 7.06. The van der Waals surface area contributed by atoms with Crippen LogP contribution in [0.3, 0.4) is 0 Å². The quantitative estimate of drug-likeness (QED) is 0.437. The van der Waals surface area contributed by atoms with Gasteiger partial charge in [-0.3, -0.25) is 5.10 Å². The molecule has 6 aromatic rings. The maximum atomic E-state index is 15.5. The minimum Gasteiger partial charge on any atom is -0.321 e. The van der Waals surface area contributed by atoms with Gasteiger partial charge in [-0.2, -0.15) is 5.10 Å². The number of imidazole rings is 1. The molecule has 5 heterocycles. The Morgan fingerprint density at radius 3 is 2.41 bits per heavy atom. The highest BCUT2D eigenvalue weighted by atomic mass is 19.1. The van der Waals surface area contributed by atoms with Crippen molar-refractivity contribution in [1.29, 1.82) is 0 Å². The van der Waals surface area contributed by atoms with Crippen LogP contribution in [-0.4, -0.2) is 40.1 Å². The SMILES string of the molecule is Fc1ccc(-c2ccnc3[nH]c(-c4n[nH]c5ncc(-c6cncnc6)c(F)c45)nc23)cc1. The van der Waals surface area contributed by atoms with Crippen LogP contribution < -0.4 is 0 Å². The van der Waals surface area contributed by atoms with Gasteiger partial charge in [-0.1, -0.05) is 12.1 Å². The summed E-state index contributed by atoms with van der Waals surface area (Å²) < 4.78 is 28.9. The fourth-order valence-corrected chi connectivity index (χ4v) is 3.65. The molecule has 0 unspecified atom stereocenters. The van der Waals surface area contributed by atoms with E-state index in [4.69, 9.17) is 0 Å². The fourth-order valence-electron chi connectivity index (χ4n) is 3.65. The highest BCUT2D eigenvalue weighted by Crippen LogP contribution is 2.33. The van der Waals surface area contributed by atoms with Crippen LogP contribution in [0.25, 0.3) is 56.0 Å². The number of pyridine rings is 2. The number of nitrogens with one attached hydrogen (secondary N) is 2. The molecule has 2 N–H and O–H groups in total. The van der Waals surface area contributed by atoms with Crippen LogP contribution in [-0.2, 0) is 0 Å². The number of H-pyrrole nitrogens is 2. The Hall–Kier alpha value is -4.60. The van der Waals surface area contributed by atoms with Crippen LogP contribution in [0.1, 0.15) is 0 Å². The molecule has 32 heavy (non-hydrogen) atoms. The maximum Gasteiger partial charge on any atom is 0.161 e. The highest BCUT2D eigenvalue weighted by Gasteiger charge is 2.21. The van der Waals surface area contributed by atoms with Gasteiger partial charge in [0.05, 0.1) is 5.39 Å². The van der Waals surface area contributed by atoms with E-state index in [1.165, 1.54) is 37.1 Å². The normalized spacial score (nSPS) is 11.4. The third-order valence-electron chi connectivity index (χ3n) is 5.16. The third-order valence-corrected chi connectivity index (χ3v) is 5.16. The van der Waals surface area contributed by atoms with E-state index in [2.05, 4.69) is 40.1 Å². The second-order valence-electron chi connectivity index (χ2n) is 7.06. The van der Waals surface area contributed by atoms with Crippen molar-refractivity contribution in [1.82, 2.24) is 40.1 Å². The first-order valence-electron chi connectivity index (χ1n) is 9.58. The number of halogens is 2. The van der Waals surface area contributed by atoms with Crippen molar-refractivity contribution in [3.63, 3.8) is 0 Å². The van der Waals surface area contributed by atoms with E-state index in [0.717, 1.165) is 11.1 Å². The Labute approximate surface area is 178 Å². The molecule has 0 spiro atoms. The molecule has 0 radical (unpaired) electrons. The van der Waals surface area contributed by atoms with E-state index in [0.29, 0.717) is 22.6 Å². The van der Waals surface area contributed by atoms with Crippen molar-refractivity contribution in [2.45, 2.75) is 0 Å². The van der Waals surface area contributed by atoms with Gasteiger partial charge in [-0.15, -0.1) is 0 Å². The zero-order valence-corrected chi connectivity index (χ0v) is 16.2. The van der Waals surface area contributed by atoms with Crippen LogP contribution in [0.15, 0.2) is 61.4 Å². The van der Waals surface area contributed by atoms with Crippen molar-refractivity contribution in [2.75, 3.05) is 0 Å². The summed E-state index contributed by atoms with van der Waals surface area (Å²) in [6.07, 6.45) is 7.43. The molecule has 0 saturated carbocycles. The molecule has 10 heteroatoms. The Bertz CT molecular complexity index is 1590. The van der Waals surface area contributed by atoms with Gasteiger partial charge in [0, 0.05) is 41.5 Å². The molecule has 0 atom stereocenters. The number of fused-ring (bicyclic) bond motifs is 2. The van der Waals surface area contributed by atoms with Gasteiger partial charge in [-0.05, 0) is 23.8 Å². The molecule has 8 nitrogen and oxygen atoms in total. The summed E-state index contributed by atoms with van der Waals surface area (Å²) in [5.74, 6) is -0.511. The van der Waals surface area contributed by atoms with Crippen LogP contribution in [0, 0.1) is 11.6 Å². The summed E-state index contributed by atoms with van der Waals surface area (Å²) in [6.45, 7) is 0. The van der Waals surface area contributed by atoms with Gasteiger partial charge < -0.3 is 4.98 Å². The molecule has 5 aromatic heterocycles. The number of rotatable bonds is 3. The first-order chi connectivity index (χ1) is 15.7. The van der Waals surface area contributed by atoms with E-state index in [-0.39, 0.29) is 28.1 Å². The van der Waals surface area contributed by atoms with E-state index in [9.17, 15) is 4.39 Å². The van der Waals surface area contributed by atoms with Gasteiger partial charge in [-0.25, -0.2) is 33.7 Å². The molecule has 0 fully saturated rings. The van der Waals surface area contributed by atoms with Crippen LogP contribution in [0.2, 0.25) is 0 Å². The van der Waals surface area contributed by atoms with Gasteiger partial charge in [0.1, 0.15) is 29.2 Å². The first kappa shape index (κ1) is 18.2. The maximum absolute atomic E-state index is 15.5. The predicted octanol–water partition coefficient (Wildman–Crippen LogP) is 4.30. The lowest BCUT2D eigenvalue weighted by Gasteiger charge is -2.03. The zero-order valence-electron chi connectivity index (χ0n) is 16.2. The average molecular weight is 426 g/mol. The van der Waals surface area contributed by atoms with E-state index in [1.54, 1.807) is 24.4 Å². The van der Waals surface area contributed by atoms with E-state index < -0.39 is 5.82 Å². The van der Waals surface area contributed by atoms with Crippen LogP contribution >= 0.6 is 0 Å². The van der Waals surface area contributed by atoms with Gasteiger partial charge in [0.15, 0.2) is 17.1 Å². The van der Waals surface area contributed by atoms with E-state index >= 15 is 4.39 Å². The van der Waals surface area contributed by atoms with Gasteiger partial charge in [0.2, 0.25) is 0 Å². The van der Waals surface area contributed by atoms with Gasteiger partial charge >= 0.3 is 0 Å². The van der Waals surface area contributed by atoms with Crippen molar-refractivity contribution in [3.8, 4) is 33.8 Å². The lowest BCUT2D eigenvalue weighted by molar-refractivity contribution is 0.628. The minimum atomic E-state index is -0.513. The molecule has 1 aromatic carbocycles. The molecule has 6 rings (SSSR count). The molecule has 0 bridgehead atoms. The standard InChI is InChI=1S/C22H12F2N8/c23-13-3-1-11(2-4-13)14-5-6-27-21-18(14)29-22(30-21)19-16-17(24)15(9-28-20(16)32-31-19)12-7-25-10-26-8-12/h1-10H,(H,27,29,30)(H,28,31,32). The Kier molecular flexibility index (Phi) is 3.97. The molecular formula is C22H12F2N8. The molecule has 0 saturated heterocycles. The van der Waals surface area contributed by atoms with Crippen LogP contribution in [0.5, 0.6) is 0 Å². The predicted molar refractivity (Wildman–Crippen MR) is 113 cm³/mol. The Morgan fingerprint density at radius 2 is 1.59 bits per heavy atom. The smallest absolute Gasteiger partial charge is 0.161 e. The number of hydrogen-bond acceptors (Lipinski definition) is 6. The lowest BCUT2D eigenvalue weighted by Crippen LogP contribution is -1.91. The largest absolute Gasteiger partial charge is 0.321 e. The number of nitrogens with zero attached hydrogens (tertiary/aromatic N) is 6. The Morgan fingerprint density at radius 1 is 0.781 bits per heavy atom. The summed E-state index contributed by atoms with van der Waals surface area (Å²) in [5, 5.41) is 7.18.